The van der Waals surface area contributed by atoms with E-state index in [0.717, 1.165) is 39.0 Å². The second-order valence-electron chi connectivity index (χ2n) is 5.57. The molecule has 2 fully saturated rings. The summed E-state index contributed by atoms with van der Waals surface area (Å²) in [7, 11) is 2.06. The van der Waals surface area contributed by atoms with Crippen molar-refractivity contribution in [2.75, 3.05) is 39.8 Å². The standard InChI is InChI=1S/C13H24N4O2/c1-10(13(19)15-11-3-4-11)14-9-12(18)17-7-5-16(2)6-8-17/h10-11,14H,3-9H2,1-2H3,(H,15,19). The molecule has 1 unspecified atom stereocenters. The number of piperazine rings is 1. The van der Waals surface area contributed by atoms with Gasteiger partial charge in [-0.25, -0.2) is 0 Å². The van der Waals surface area contributed by atoms with Crippen LogP contribution in [0.1, 0.15) is 19.8 Å². The maximum atomic E-state index is 12.0. The first-order valence-corrected chi connectivity index (χ1v) is 7.06. The zero-order valence-corrected chi connectivity index (χ0v) is 11.8. The van der Waals surface area contributed by atoms with Gasteiger partial charge >= 0.3 is 0 Å². The summed E-state index contributed by atoms with van der Waals surface area (Å²) in [4.78, 5) is 27.8. The molecule has 0 aromatic heterocycles. The van der Waals surface area contributed by atoms with Crippen LogP contribution in [0, 0.1) is 0 Å². The molecule has 0 aromatic carbocycles. The van der Waals surface area contributed by atoms with Crippen LogP contribution in [0.15, 0.2) is 0 Å². The molecule has 6 nitrogen and oxygen atoms in total. The van der Waals surface area contributed by atoms with Crippen LogP contribution in [0.25, 0.3) is 0 Å². The lowest BCUT2D eigenvalue weighted by Crippen LogP contribution is -2.51. The number of hydrogen-bond acceptors (Lipinski definition) is 4. The molecule has 0 spiro atoms. The zero-order valence-electron chi connectivity index (χ0n) is 11.8. The largest absolute Gasteiger partial charge is 0.352 e. The molecule has 0 radical (unpaired) electrons. The third-order valence-electron chi connectivity index (χ3n) is 3.73. The van der Waals surface area contributed by atoms with Crippen LogP contribution in [0.4, 0.5) is 0 Å². The maximum absolute atomic E-state index is 12.0. The number of nitrogens with zero attached hydrogens (tertiary/aromatic N) is 2. The predicted octanol–water partition coefficient (Wildman–Crippen LogP) is -0.983. The van der Waals surface area contributed by atoms with Crippen molar-refractivity contribution in [3.05, 3.63) is 0 Å². The van der Waals surface area contributed by atoms with E-state index in [1.165, 1.54) is 0 Å². The molecule has 1 saturated heterocycles. The third kappa shape index (κ3) is 4.47. The maximum Gasteiger partial charge on any atom is 0.237 e. The number of hydrogen-bond donors (Lipinski definition) is 2. The number of likely N-dealkylation sites (N-methyl/N-ethyl adjacent to an activating group) is 1. The minimum Gasteiger partial charge on any atom is -0.352 e. The molecule has 1 atom stereocenters. The minimum absolute atomic E-state index is 0.00585. The molecule has 108 valence electrons. The molecule has 0 aromatic rings. The Bertz CT molecular complexity index is 336. The number of nitrogens with one attached hydrogen (secondary N) is 2. The molecule has 2 rings (SSSR count). The molecule has 2 amide bonds. The van der Waals surface area contributed by atoms with Crippen molar-refractivity contribution in [3.8, 4) is 0 Å². The average Bonchev–Trinajstić information content (AvgIpc) is 3.20. The third-order valence-corrected chi connectivity index (χ3v) is 3.73. The SMILES string of the molecule is CC(NCC(=O)N1CCN(C)CC1)C(=O)NC1CC1. The van der Waals surface area contributed by atoms with Gasteiger partial charge in [0.25, 0.3) is 0 Å². The van der Waals surface area contributed by atoms with E-state index in [-0.39, 0.29) is 24.4 Å². The highest BCUT2D eigenvalue weighted by molar-refractivity contribution is 5.83. The first-order chi connectivity index (χ1) is 9.06. The molecule has 1 aliphatic carbocycles. The van der Waals surface area contributed by atoms with Crippen molar-refractivity contribution in [3.63, 3.8) is 0 Å². The number of carbonyl (C=O) groups is 2. The minimum atomic E-state index is -0.308. The van der Waals surface area contributed by atoms with Gasteiger partial charge in [-0.2, -0.15) is 0 Å². The van der Waals surface area contributed by atoms with E-state index in [1.807, 2.05) is 4.90 Å². The van der Waals surface area contributed by atoms with Crippen molar-refractivity contribution in [1.82, 2.24) is 20.4 Å². The summed E-state index contributed by atoms with van der Waals surface area (Å²) in [6.45, 7) is 5.43. The second kappa shape index (κ2) is 6.34. The van der Waals surface area contributed by atoms with Crippen molar-refractivity contribution in [1.29, 1.82) is 0 Å². The lowest BCUT2D eigenvalue weighted by atomic mass is 10.3. The van der Waals surface area contributed by atoms with Crippen LogP contribution in [-0.4, -0.2) is 73.5 Å². The summed E-state index contributed by atoms with van der Waals surface area (Å²) in [5, 5.41) is 5.94. The monoisotopic (exact) mass is 268 g/mol. The van der Waals surface area contributed by atoms with Gasteiger partial charge in [0, 0.05) is 32.2 Å². The van der Waals surface area contributed by atoms with Crippen molar-refractivity contribution in [2.24, 2.45) is 0 Å². The van der Waals surface area contributed by atoms with Gasteiger partial charge < -0.3 is 15.1 Å². The average molecular weight is 268 g/mol. The Balaban J connectivity index is 1.66. The normalized spacial score (nSPS) is 22.1. The molecule has 6 heteroatoms. The van der Waals surface area contributed by atoms with Crippen LogP contribution in [0.5, 0.6) is 0 Å². The fraction of sp³-hybridized carbons (Fsp3) is 0.846. The molecule has 0 bridgehead atoms. The Morgan fingerprint density at radius 3 is 2.42 bits per heavy atom. The molecular formula is C13H24N4O2. The van der Waals surface area contributed by atoms with Crippen LogP contribution >= 0.6 is 0 Å². The van der Waals surface area contributed by atoms with E-state index in [2.05, 4.69) is 22.6 Å². The topological polar surface area (TPSA) is 64.7 Å². The Hall–Kier alpha value is -1.14. The number of carbonyl (C=O) groups excluding carboxylic acids is 2. The van der Waals surface area contributed by atoms with Gasteiger partial charge in [0.15, 0.2) is 0 Å². The second-order valence-corrected chi connectivity index (χ2v) is 5.57. The van der Waals surface area contributed by atoms with Crippen LogP contribution in [0.2, 0.25) is 0 Å². The summed E-state index contributed by atoms with van der Waals surface area (Å²) in [5.41, 5.74) is 0. The highest BCUT2D eigenvalue weighted by Gasteiger charge is 2.26. The molecule has 1 aliphatic heterocycles. The highest BCUT2D eigenvalue weighted by atomic mass is 16.2. The van der Waals surface area contributed by atoms with Gasteiger partial charge in [-0.05, 0) is 26.8 Å². The first-order valence-electron chi connectivity index (χ1n) is 7.06. The summed E-state index contributed by atoms with van der Waals surface area (Å²) >= 11 is 0. The fourth-order valence-electron chi connectivity index (χ4n) is 2.05. The van der Waals surface area contributed by atoms with E-state index in [4.69, 9.17) is 0 Å². The molecule has 2 N–H and O–H groups in total. The first kappa shape index (κ1) is 14.3. The summed E-state index contributed by atoms with van der Waals surface area (Å²) in [6, 6.07) is 0.0575. The van der Waals surface area contributed by atoms with E-state index < -0.39 is 0 Å². The van der Waals surface area contributed by atoms with Crippen molar-refractivity contribution >= 4 is 11.8 Å². The number of rotatable bonds is 5. The Labute approximate surface area is 114 Å². The molecular weight excluding hydrogens is 244 g/mol. The lowest BCUT2D eigenvalue weighted by molar-refractivity contribution is -0.132. The van der Waals surface area contributed by atoms with Gasteiger partial charge in [-0.15, -0.1) is 0 Å². The number of amides is 2. The Morgan fingerprint density at radius 1 is 1.21 bits per heavy atom. The van der Waals surface area contributed by atoms with Gasteiger partial charge in [-0.3, -0.25) is 14.9 Å². The van der Waals surface area contributed by atoms with E-state index in [9.17, 15) is 9.59 Å². The lowest BCUT2D eigenvalue weighted by Gasteiger charge is -2.32. The summed E-state index contributed by atoms with van der Waals surface area (Å²) < 4.78 is 0. The van der Waals surface area contributed by atoms with Crippen molar-refractivity contribution in [2.45, 2.75) is 31.8 Å². The quantitative estimate of drug-likeness (QED) is 0.672. The van der Waals surface area contributed by atoms with E-state index in [0.29, 0.717) is 6.04 Å². The fourth-order valence-corrected chi connectivity index (χ4v) is 2.05. The van der Waals surface area contributed by atoms with Gasteiger partial charge in [0.1, 0.15) is 0 Å². The predicted molar refractivity (Wildman–Crippen MR) is 72.7 cm³/mol. The van der Waals surface area contributed by atoms with Crippen LogP contribution in [0.3, 0.4) is 0 Å². The zero-order chi connectivity index (χ0) is 13.8. The van der Waals surface area contributed by atoms with Crippen LogP contribution < -0.4 is 10.6 Å². The van der Waals surface area contributed by atoms with Gasteiger partial charge in [-0.1, -0.05) is 0 Å². The molecule has 1 saturated carbocycles. The van der Waals surface area contributed by atoms with Gasteiger partial charge in [0.05, 0.1) is 12.6 Å². The summed E-state index contributed by atoms with van der Waals surface area (Å²) in [6.07, 6.45) is 2.16. The smallest absolute Gasteiger partial charge is 0.237 e. The Kier molecular flexibility index (Phi) is 4.76. The molecule has 2 aliphatic rings. The van der Waals surface area contributed by atoms with Crippen molar-refractivity contribution < 1.29 is 9.59 Å². The van der Waals surface area contributed by atoms with E-state index in [1.54, 1.807) is 6.92 Å². The van der Waals surface area contributed by atoms with Gasteiger partial charge in [0.2, 0.25) is 11.8 Å². The van der Waals surface area contributed by atoms with E-state index >= 15 is 0 Å². The molecule has 1 heterocycles. The molecule has 19 heavy (non-hydrogen) atoms. The highest BCUT2D eigenvalue weighted by Crippen LogP contribution is 2.18. The van der Waals surface area contributed by atoms with Crippen LogP contribution in [-0.2, 0) is 9.59 Å². The Morgan fingerprint density at radius 2 is 1.84 bits per heavy atom. The summed E-state index contributed by atoms with van der Waals surface area (Å²) in [5.74, 6) is 0.0767.